The largest absolute Gasteiger partial charge is 0.481 e. The van der Waals surface area contributed by atoms with Crippen LogP contribution >= 0.6 is 0 Å². The molecule has 0 unspecified atom stereocenters. The average molecular weight is 286 g/mol. The second kappa shape index (κ2) is 6.61. The van der Waals surface area contributed by atoms with Gasteiger partial charge in [0.05, 0.1) is 37.3 Å². The van der Waals surface area contributed by atoms with Crippen molar-refractivity contribution >= 4 is 5.69 Å². The minimum atomic E-state index is 0.593. The number of hydrogen-bond acceptors (Lipinski definition) is 4. The minimum absolute atomic E-state index is 0.593. The van der Waals surface area contributed by atoms with E-state index in [-0.39, 0.29) is 0 Å². The van der Waals surface area contributed by atoms with Crippen molar-refractivity contribution in [1.29, 1.82) is 0 Å². The molecule has 0 aromatic carbocycles. The monoisotopic (exact) mass is 286 g/mol. The Morgan fingerprint density at radius 3 is 2.81 bits per heavy atom. The number of anilines is 1. The number of aromatic nitrogens is 3. The molecule has 0 amide bonds. The van der Waals surface area contributed by atoms with E-state index < -0.39 is 0 Å². The van der Waals surface area contributed by atoms with Gasteiger partial charge in [0.2, 0.25) is 5.88 Å². The quantitative estimate of drug-likeness (QED) is 0.915. The third-order valence-electron chi connectivity index (χ3n) is 4.03. The molecule has 2 heterocycles. The first-order valence-electron chi connectivity index (χ1n) is 7.63. The van der Waals surface area contributed by atoms with Gasteiger partial charge in [-0.25, -0.2) is 4.98 Å². The van der Waals surface area contributed by atoms with Crippen LogP contribution in [-0.4, -0.2) is 21.9 Å². The summed E-state index contributed by atoms with van der Waals surface area (Å²) in [6.07, 6.45) is 10.4. The molecular formula is C16H22N4O. The molecular weight excluding hydrogens is 264 g/mol. The summed E-state index contributed by atoms with van der Waals surface area (Å²) >= 11 is 0. The van der Waals surface area contributed by atoms with E-state index in [1.165, 1.54) is 32.1 Å². The van der Waals surface area contributed by atoms with Crippen LogP contribution in [0, 0.1) is 0 Å². The summed E-state index contributed by atoms with van der Waals surface area (Å²) in [4.78, 5) is 4.18. The number of nitrogens with zero attached hydrogens (tertiary/aromatic N) is 3. The smallest absolute Gasteiger partial charge is 0.213 e. The Labute approximate surface area is 125 Å². The summed E-state index contributed by atoms with van der Waals surface area (Å²) < 4.78 is 7.19. The van der Waals surface area contributed by atoms with E-state index in [2.05, 4.69) is 27.2 Å². The first-order valence-corrected chi connectivity index (χ1v) is 7.63. The van der Waals surface area contributed by atoms with Crippen LogP contribution in [0.15, 0.2) is 30.6 Å². The Balaban J connectivity index is 1.56. The molecule has 2 aromatic rings. The molecule has 1 aliphatic carbocycles. The van der Waals surface area contributed by atoms with Gasteiger partial charge in [0.1, 0.15) is 0 Å². The summed E-state index contributed by atoms with van der Waals surface area (Å²) in [5.41, 5.74) is 2.04. The molecule has 112 valence electrons. The van der Waals surface area contributed by atoms with Crippen molar-refractivity contribution < 1.29 is 4.74 Å². The van der Waals surface area contributed by atoms with E-state index in [0.29, 0.717) is 18.5 Å². The molecule has 0 aliphatic heterocycles. The van der Waals surface area contributed by atoms with Gasteiger partial charge in [-0.3, -0.25) is 4.68 Å². The van der Waals surface area contributed by atoms with Gasteiger partial charge in [-0.2, -0.15) is 5.10 Å². The Kier molecular flexibility index (Phi) is 4.38. The van der Waals surface area contributed by atoms with Crippen molar-refractivity contribution in [2.45, 2.75) is 44.7 Å². The van der Waals surface area contributed by atoms with Gasteiger partial charge in [-0.15, -0.1) is 0 Å². The van der Waals surface area contributed by atoms with Crippen LogP contribution in [0.4, 0.5) is 5.69 Å². The first-order chi connectivity index (χ1) is 10.3. The van der Waals surface area contributed by atoms with Crippen LogP contribution in [0.25, 0.3) is 0 Å². The maximum Gasteiger partial charge on any atom is 0.213 e. The van der Waals surface area contributed by atoms with Crippen LogP contribution in [0.2, 0.25) is 0 Å². The van der Waals surface area contributed by atoms with E-state index in [1.54, 1.807) is 13.3 Å². The molecule has 3 rings (SSSR count). The number of methoxy groups -OCH3 is 1. The van der Waals surface area contributed by atoms with Crippen LogP contribution in [-0.2, 0) is 6.54 Å². The fourth-order valence-corrected chi connectivity index (χ4v) is 2.82. The van der Waals surface area contributed by atoms with Gasteiger partial charge in [0.15, 0.2) is 0 Å². The van der Waals surface area contributed by atoms with E-state index >= 15 is 0 Å². The molecule has 0 atom stereocenters. The molecule has 0 spiro atoms. The van der Waals surface area contributed by atoms with E-state index in [0.717, 1.165) is 11.4 Å². The van der Waals surface area contributed by atoms with Gasteiger partial charge < -0.3 is 10.1 Å². The number of rotatable bonds is 5. The summed E-state index contributed by atoms with van der Waals surface area (Å²) in [5.74, 6) is 0.627. The topological polar surface area (TPSA) is 52.0 Å². The molecule has 5 heteroatoms. The number of pyridine rings is 1. The lowest BCUT2D eigenvalue weighted by Gasteiger charge is -2.21. The highest BCUT2D eigenvalue weighted by Gasteiger charge is 2.15. The predicted molar refractivity (Wildman–Crippen MR) is 82.5 cm³/mol. The third kappa shape index (κ3) is 3.54. The summed E-state index contributed by atoms with van der Waals surface area (Å²) in [6.45, 7) is 0.716. The Morgan fingerprint density at radius 2 is 2.10 bits per heavy atom. The number of hydrogen-bond donors (Lipinski definition) is 1. The van der Waals surface area contributed by atoms with Crippen LogP contribution in [0.1, 0.15) is 43.8 Å². The Hall–Kier alpha value is -2.04. The van der Waals surface area contributed by atoms with E-state index in [4.69, 9.17) is 9.84 Å². The standard InChI is InChI=1S/C16H22N4O/c1-21-16-8-7-13(11-18-16)17-12-14-9-10-20(19-14)15-5-3-2-4-6-15/h7-11,15,17H,2-6,12H2,1H3. The zero-order chi connectivity index (χ0) is 14.5. The minimum Gasteiger partial charge on any atom is -0.481 e. The molecule has 0 saturated heterocycles. The molecule has 0 radical (unpaired) electrons. The fourth-order valence-electron chi connectivity index (χ4n) is 2.82. The SMILES string of the molecule is COc1ccc(NCc2ccn(C3CCCCC3)n2)cn1. The van der Waals surface area contributed by atoms with Gasteiger partial charge in [0, 0.05) is 12.3 Å². The Morgan fingerprint density at radius 1 is 1.24 bits per heavy atom. The Bertz CT molecular complexity index is 558. The molecule has 1 fully saturated rings. The highest BCUT2D eigenvalue weighted by Crippen LogP contribution is 2.27. The molecule has 0 bridgehead atoms. The zero-order valence-electron chi connectivity index (χ0n) is 12.5. The van der Waals surface area contributed by atoms with Gasteiger partial charge in [-0.1, -0.05) is 19.3 Å². The lowest BCUT2D eigenvalue weighted by atomic mass is 9.96. The van der Waals surface area contributed by atoms with Crippen LogP contribution in [0.3, 0.4) is 0 Å². The lowest BCUT2D eigenvalue weighted by molar-refractivity contribution is 0.328. The highest BCUT2D eigenvalue weighted by molar-refractivity contribution is 5.42. The maximum absolute atomic E-state index is 5.05. The fraction of sp³-hybridized carbons (Fsp3) is 0.500. The normalized spacial score (nSPS) is 15.9. The molecule has 1 aliphatic rings. The molecule has 21 heavy (non-hydrogen) atoms. The van der Waals surface area contributed by atoms with Crippen molar-refractivity contribution in [3.05, 3.63) is 36.3 Å². The van der Waals surface area contributed by atoms with Crippen molar-refractivity contribution in [2.24, 2.45) is 0 Å². The summed E-state index contributed by atoms with van der Waals surface area (Å²) in [6, 6.07) is 6.50. The molecule has 1 N–H and O–H groups in total. The molecule has 2 aromatic heterocycles. The molecule has 1 saturated carbocycles. The summed E-state index contributed by atoms with van der Waals surface area (Å²) in [5, 5.41) is 8.03. The highest BCUT2D eigenvalue weighted by atomic mass is 16.5. The predicted octanol–water partition coefficient (Wildman–Crippen LogP) is 3.40. The van der Waals surface area contributed by atoms with Crippen molar-refractivity contribution in [1.82, 2.24) is 14.8 Å². The first kappa shape index (κ1) is 13.9. The lowest BCUT2D eigenvalue weighted by Crippen LogP contribution is -2.13. The van der Waals surface area contributed by atoms with E-state index in [1.807, 2.05) is 12.1 Å². The van der Waals surface area contributed by atoms with Gasteiger partial charge in [0.25, 0.3) is 0 Å². The van der Waals surface area contributed by atoms with E-state index in [9.17, 15) is 0 Å². The van der Waals surface area contributed by atoms with Crippen molar-refractivity contribution in [3.8, 4) is 5.88 Å². The second-order valence-corrected chi connectivity index (χ2v) is 5.52. The summed E-state index contributed by atoms with van der Waals surface area (Å²) in [7, 11) is 1.62. The molecule has 5 nitrogen and oxygen atoms in total. The maximum atomic E-state index is 5.05. The zero-order valence-corrected chi connectivity index (χ0v) is 12.5. The third-order valence-corrected chi connectivity index (χ3v) is 4.03. The average Bonchev–Trinajstić information content (AvgIpc) is 3.03. The van der Waals surface area contributed by atoms with Crippen molar-refractivity contribution in [3.63, 3.8) is 0 Å². The van der Waals surface area contributed by atoms with Gasteiger partial charge >= 0.3 is 0 Å². The van der Waals surface area contributed by atoms with Crippen molar-refractivity contribution in [2.75, 3.05) is 12.4 Å². The second-order valence-electron chi connectivity index (χ2n) is 5.52. The van der Waals surface area contributed by atoms with Crippen LogP contribution in [0.5, 0.6) is 5.88 Å². The number of ether oxygens (including phenoxy) is 1. The number of nitrogens with one attached hydrogen (secondary N) is 1. The van der Waals surface area contributed by atoms with Crippen LogP contribution < -0.4 is 10.1 Å². The van der Waals surface area contributed by atoms with Gasteiger partial charge in [-0.05, 0) is 25.0 Å².